The van der Waals surface area contributed by atoms with E-state index in [1.807, 2.05) is 17.0 Å². The van der Waals surface area contributed by atoms with Crippen molar-refractivity contribution in [2.45, 2.75) is 13.8 Å². The van der Waals surface area contributed by atoms with Crippen LogP contribution in [0.15, 0.2) is 42.5 Å². The number of hydrogen-bond acceptors (Lipinski definition) is 4. The number of hydrogen-bond donors (Lipinski definition) is 0. The summed E-state index contributed by atoms with van der Waals surface area (Å²) in [7, 11) is 0. The molecule has 130 valence electrons. The lowest BCUT2D eigenvalue weighted by Crippen LogP contribution is -2.49. The third-order valence-corrected chi connectivity index (χ3v) is 4.66. The Morgan fingerprint density at radius 2 is 1.68 bits per heavy atom. The molecule has 25 heavy (non-hydrogen) atoms. The van der Waals surface area contributed by atoms with Crippen molar-refractivity contribution in [1.82, 2.24) is 4.90 Å². The Hall–Kier alpha value is -2.89. The monoisotopic (exact) mass is 339 g/mol. The molecule has 0 spiro atoms. The molecule has 0 aromatic heterocycles. The summed E-state index contributed by atoms with van der Waals surface area (Å²) in [5.74, 6) is -0.0672. The Labute approximate surface area is 146 Å². The molecule has 2 aromatic carbocycles. The highest BCUT2D eigenvalue weighted by Crippen LogP contribution is 2.23. The summed E-state index contributed by atoms with van der Waals surface area (Å²) in [5, 5.41) is 10.9. The second kappa shape index (κ2) is 6.93. The van der Waals surface area contributed by atoms with Gasteiger partial charge in [0.1, 0.15) is 0 Å². The van der Waals surface area contributed by atoms with Crippen molar-refractivity contribution in [2.75, 3.05) is 31.1 Å². The van der Waals surface area contributed by atoms with Gasteiger partial charge in [0, 0.05) is 49.1 Å². The van der Waals surface area contributed by atoms with Crippen LogP contribution in [-0.2, 0) is 0 Å². The van der Waals surface area contributed by atoms with Gasteiger partial charge >= 0.3 is 0 Å². The zero-order valence-corrected chi connectivity index (χ0v) is 14.4. The highest BCUT2D eigenvalue weighted by atomic mass is 16.6. The van der Waals surface area contributed by atoms with Crippen LogP contribution >= 0.6 is 0 Å². The lowest BCUT2D eigenvalue weighted by atomic mass is 10.1. The first kappa shape index (κ1) is 17.0. The molecule has 2 aromatic rings. The SMILES string of the molecule is Cc1ccccc1N1CCN(C(=O)c2ccc([N+](=O)[O-])c(C)c2)CC1. The standard InChI is InChI=1S/C19H21N3O3/c1-14-5-3-4-6-17(14)20-9-11-21(12-10-20)19(23)16-7-8-18(22(24)25)15(2)13-16/h3-8,13H,9-12H2,1-2H3. The van der Waals surface area contributed by atoms with E-state index in [2.05, 4.69) is 24.0 Å². The van der Waals surface area contributed by atoms with Crippen LogP contribution < -0.4 is 4.90 Å². The molecule has 6 heteroatoms. The number of nitro benzene ring substituents is 1. The highest BCUT2D eigenvalue weighted by molar-refractivity contribution is 5.95. The van der Waals surface area contributed by atoms with Crippen LogP contribution in [0.3, 0.4) is 0 Å². The topological polar surface area (TPSA) is 66.7 Å². The molecule has 0 aliphatic carbocycles. The molecule has 1 aliphatic rings. The van der Waals surface area contributed by atoms with E-state index in [1.54, 1.807) is 19.1 Å². The average Bonchev–Trinajstić information content (AvgIpc) is 2.61. The van der Waals surface area contributed by atoms with Crippen LogP contribution in [0.2, 0.25) is 0 Å². The minimum Gasteiger partial charge on any atom is -0.368 e. The summed E-state index contributed by atoms with van der Waals surface area (Å²) in [6.07, 6.45) is 0. The quantitative estimate of drug-likeness (QED) is 0.636. The first-order valence-electron chi connectivity index (χ1n) is 8.32. The number of amides is 1. The predicted molar refractivity (Wildman–Crippen MR) is 97.1 cm³/mol. The minimum absolute atomic E-state index is 0.0425. The van der Waals surface area contributed by atoms with Crippen molar-refractivity contribution in [1.29, 1.82) is 0 Å². The smallest absolute Gasteiger partial charge is 0.272 e. The zero-order chi connectivity index (χ0) is 18.0. The fourth-order valence-corrected chi connectivity index (χ4v) is 3.24. The van der Waals surface area contributed by atoms with Gasteiger partial charge in [0.15, 0.2) is 0 Å². The van der Waals surface area contributed by atoms with Crippen LogP contribution in [-0.4, -0.2) is 41.9 Å². The fourth-order valence-electron chi connectivity index (χ4n) is 3.24. The summed E-state index contributed by atoms with van der Waals surface area (Å²) >= 11 is 0. The van der Waals surface area contributed by atoms with E-state index in [0.717, 1.165) is 13.1 Å². The third-order valence-electron chi connectivity index (χ3n) is 4.66. The Morgan fingerprint density at radius 1 is 1.00 bits per heavy atom. The molecule has 6 nitrogen and oxygen atoms in total. The number of rotatable bonds is 3. The average molecular weight is 339 g/mol. The third kappa shape index (κ3) is 3.47. The molecule has 0 N–H and O–H groups in total. The molecule has 0 saturated carbocycles. The molecular formula is C19H21N3O3. The number of anilines is 1. The van der Waals surface area contributed by atoms with Gasteiger partial charge in [-0.25, -0.2) is 0 Å². The van der Waals surface area contributed by atoms with E-state index in [0.29, 0.717) is 24.2 Å². The van der Waals surface area contributed by atoms with Crippen molar-refractivity contribution in [3.8, 4) is 0 Å². The van der Waals surface area contributed by atoms with E-state index in [-0.39, 0.29) is 11.6 Å². The van der Waals surface area contributed by atoms with Gasteiger partial charge in [0.25, 0.3) is 11.6 Å². The van der Waals surface area contributed by atoms with E-state index in [1.165, 1.54) is 17.3 Å². The van der Waals surface area contributed by atoms with Crippen LogP contribution in [0.5, 0.6) is 0 Å². The molecule has 1 saturated heterocycles. The lowest BCUT2D eigenvalue weighted by Gasteiger charge is -2.36. The number of piperazine rings is 1. The van der Waals surface area contributed by atoms with Gasteiger partial charge in [0.2, 0.25) is 0 Å². The molecule has 1 heterocycles. The van der Waals surface area contributed by atoms with E-state index < -0.39 is 4.92 Å². The van der Waals surface area contributed by atoms with Gasteiger partial charge < -0.3 is 9.80 Å². The van der Waals surface area contributed by atoms with Crippen LogP contribution in [0.1, 0.15) is 21.5 Å². The number of carbonyl (C=O) groups excluding carboxylic acids is 1. The van der Waals surface area contributed by atoms with E-state index in [4.69, 9.17) is 0 Å². The van der Waals surface area contributed by atoms with Gasteiger partial charge in [-0.15, -0.1) is 0 Å². The van der Waals surface area contributed by atoms with Crippen molar-refractivity contribution in [3.63, 3.8) is 0 Å². The summed E-state index contributed by atoms with van der Waals surface area (Å²) in [6.45, 7) is 6.59. The molecule has 1 amide bonds. The molecule has 3 rings (SSSR count). The normalized spacial score (nSPS) is 14.5. The first-order valence-corrected chi connectivity index (χ1v) is 8.32. The van der Waals surface area contributed by atoms with Gasteiger partial charge in [-0.3, -0.25) is 14.9 Å². The largest absolute Gasteiger partial charge is 0.368 e. The predicted octanol–water partition coefficient (Wildman–Crippen LogP) is 3.17. The molecule has 1 aliphatic heterocycles. The molecule has 0 atom stereocenters. The summed E-state index contributed by atoms with van der Waals surface area (Å²) in [4.78, 5) is 27.3. The highest BCUT2D eigenvalue weighted by Gasteiger charge is 2.24. The fraction of sp³-hybridized carbons (Fsp3) is 0.316. The molecule has 1 fully saturated rings. The number of para-hydroxylation sites is 1. The Morgan fingerprint density at radius 3 is 2.28 bits per heavy atom. The van der Waals surface area contributed by atoms with Crippen molar-refractivity contribution in [3.05, 3.63) is 69.3 Å². The Balaban J connectivity index is 1.69. The molecular weight excluding hydrogens is 318 g/mol. The minimum atomic E-state index is -0.426. The van der Waals surface area contributed by atoms with Gasteiger partial charge in [0.05, 0.1) is 4.92 Å². The van der Waals surface area contributed by atoms with Crippen molar-refractivity contribution in [2.24, 2.45) is 0 Å². The van der Waals surface area contributed by atoms with Crippen molar-refractivity contribution < 1.29 is 9.72 Å². The van der Waals surface area contributed by atoms with E-state index in [9.17, 15) is 14.9 Å². The Bertz CT molecular complexity index is 811. The van der Waals surface area contributed by atoms with Gasteiger partial charge in [-0.2, -0.15) is 0 Å². The number of aryl methyl sites for hydroxylation is 2. The van der Waals surface area contributed by atoms with Crippen LogP contribution in [0.4, 0.5) is 11.4 Å². The number of nitrogens with zero attached hydrogens (tertiary/aromatic N) is 3. The Kier molecular flexibility index (Phi) is 4.70. The zero-order valence-electron chi connectivity index (χ0n) is 14.4. The summed E-state index contributed by atoms with van der Waals surface area (Å²) < 4.78 is 0. The molecule has 0 unspecified atom stereocenters. The van der Waals surface area contributed by atoms with Crippen molar-refractivity contribution >= 4 is 17.3 Å². The maximum atomic E-state index is 12.7. The number of nitro groups is 1. The molecule has 0 radical (unpaired) electrons. The second-order valence-corrected chi connectivity index (χ2v) is 6.32. The maximum Gasteiger partial charge on any atom is 0.272 e. The maximum absolute atomic E-state index is 12.7. The lowest BCUT2D eigenvalue weighted by molar-refractivity contribution is -0.385. The first-order chi connectivity index (χ1) is 12.0. The number of benzene rings is 2. The second-order valence-electron chi connectivity index (χ2n) is 6.32. The van der Waals surface area contributed by atoms with E-state index >= 15 is 0 Å². The molecule has 0 bridgehead atoms. The number of carbonyl (C=O) groups is 1. The van der Waals surface area contributed by atoms with Gasteiger partial charge in [-0.05, 0) is 37.6 Å². The van der Waals surface area contributed by atoms with Crippen LogP contribution in [0, 0.1) is 24.0 Å². The summed E-state index contributed by atoms with van der Waals surface area (Å²) in [5.41, 5.74) is 3.50. The van der Waals surface area contributed by atoms with Gasteiger partial charge in [-0.1, -0.05) is 18.2 Å². The van der Waals surface area contributed by atoms with Crippen LogP contribution in [0.25, 0.3) is 0 Å². The summed E-state index contributed by atoms with van der Waals surface area (Å²) in [6, 6.07) is 12.8.